The molecule has 0 bridgehead atoms. The Balaban J connectivity index is 2.64. The van der Waals surface area contributed by atoms with E-state index in [9.17, 15) is 0 Å². The van der Waals surface area contributed by atoms with E-state index in [1.165, 1.54) is 0 Å². The van der Waals surface area contributed by atoms with Crippen LogP contribution < -0.4 is 16.4 Å². The zero-order valence-corrected chi connectivity index (χ0v) is 10.1. The van der Waals surface area contributed by atoms with Crippen molar-refractivity contribution in [1.82, 2.24) is 0 Å². The number of nitrogens with zero attached hydrogens (tertiary/aromatic N) is 1. The maximum absolute atomic E-state index is 6.02. The average Bonchev–Trinajstić information content (AvgIpc) is 2.32. The van der Waals surface area contributed by atoms with Crippen LogP contribution in [0.3, 0.4) is 0 Å². The number of para-hydroxylation sites is 1. The van der Waals surface area contributed by atoms with Crippen molar-refractivity contribution < 1.29 is 0 Å². The van der Waals surface area contributed by atoms with Crippen molar-refractivity contribution in [2.24, 2.45) is 0 Å². The minimum Gasteiger partial charge on any atom is -0.399 e. The van der Waals surface area contributed by atoms with Gasteiger partial charge in [0.15, 0.2) is 0 Å². The molecule has 0 fully saturated rings. The van der Waals surface area contributed by atoms with E-state index in [2.05, 4.69) is 17.0 Å². The molecule has 0 amide bonds. The minimum absolute atomic E-state index is 0.725. The summed E-state index contributed by atoms with van der Waals surface area (Å²) in [5.41, 5.74) is 16.5. The Hall–Kier alpha value is -2.16. The zero-order valence-electron chi connectivity index (χ0n) is 10.1. The monoisotopic (exact) mass is 227 g/mol. The molecular weight excluding hydrogens is 210 g/mol. The highest BCUT2D eigenvalue weighted by Gasteiger charge is 2.09. The minimum atomic E-state index is 0.725. The summed E-state index contributed by atoms with van der Waals surface area (Å²) in [6, 6.07) is 13.7. The molecule has 3 nitrogen and oxygen atoms in total. The van der Waals surface area contributed by atoms with Gasteiger partial charge in [0.05, 0.1) is 0 Å². The van der Waals surface area contributed by atoms with Gasteiger partial charge in [0, 0.05) is 42.3 Å². The summed E-state index contributed by atoms with van der Waals surface area (Å²) in [6.45, 7) is 0. The molecule has 4 N–H and O–H groups in total. The van der Waals surface area contributed by atoms with E-state index in [1.54, 1.807) is 0 Å². The molecule has 2 aromatic rings. The quantitative estimate of drug-likeness (QED) is 0.775. The molecule has 0 saturated carbocycles. The van der Waals surface area contributed by atoms with Crippen LogP contribution in [-0.2, 0) is 0 Å². The van der Waals surface area contributed by atoms with Crippen LogP contribution in [0.2, 0.25) is 0 Å². The number of rotatable bonds is 2. The Kier molecular flexibility index (Phi) is 2.91. The molecule has 0 aliphatic rings. The second-order valence-corrected chi connectivity index (χ2v) is 4.26. The topological polar surface area (TPSA) is 55.3 Å². The average molecular weight is 227 g/mol. The number of anilines is 3. The molecule has 0 radical (unpaired) electrons. The van der Waals surface area contributed by atoms with Crippen LogP contribution in [0.25, 0.3) is 11.1 Å². The lowest BCUT2D eigenvalue weighted by Crippen LogP contribution is -2.10. The van der Waals surface area contributed by atoms with E-state index in [-0.39, 0.29) is 0 Å². The maximum Gasteiger partial charge on any atom is 0.0441 e. The number of hydrogen-bond donors (Lipinski definition) is 2. The number of nitrogen functional groups attached to an aromatic ring is 2. The van der Waals surface area contributed by atoms with Crippen LogP contribution >= 0.6 is 0 Å². The fourth-order valence-corrected chi connectivity index (χ4v) is 1.90. The van der Waals surface area contributed by atoms with Gasteiger partial charge in [0.1, 0.15) is 0 Å². The van der Waals surface area contributed by atoms with Crippen LogP contribution in [0.5, 0.6) is 0 Å². The third-order valence-electron chi connectivity index (χ3n) is 2.75. The van der Waals surface area contributed by atoms with Crippen LogP contribution in [0.4, 0.5) is 17.1 Å². The van der Waals surface area contributed by atoms with Gasteiger partial charge in [-0.05, 0) is 24.3 Å². The van der Waals surface area contributed by atoms with Crippen LogP contribution in [0.15, 0.2) is 42.5 Å². The first kappa shape index (κ1) is 11.3. The first-order chi connectivity index (χ1) is 8.09. The van der Waals surface area contributed by atoms with Gasteiger partial charge in [-0.25, -0.2) is 0 Å². The second kappa shape index (κ2) is 4.37. The summed E-state index contributed by atoms with van der Waals surface area (Å²) in [7, 11) is 4.03. The van der Waals surface area contributed by atoms with E-state index >= 15 is 0 Å². The van der Waals surface area contributed by atoms with E-state index < -0.39 is 0 Å². The van der Waals surface area contributed by atoms with Crippen molar-refractivity contribution in [3.8, 4) is 11.1 Å². The lowest BCUT2D eigenvalue weighted by molar-refractivity contribution is 1.13. The first-order valence-electron chi connectivity index (χ1n) is 5.51. The number of benzene rings is 2. The molecule has 17 heavy (non-hydrogen) atoms. The van der Waals surface area contributed by atoms with Gasteiger partial charge >= 0.3 is 0 Å². The van der Waals surface area contributed by atoms with E-state index in [0.29, 0.717) is 0 Å². The van der Waals surface area contributed by atoms with Gasteiger partial charge in [-0.15, -0.1) is 0 Å². The predicted octanol–water partition coefficient (Wildman–Crippen LogP) is 2.58. The standard InChI is InChI=1S/C14H17N3/c1-17(2)14-6-4-3-5-11(14)12-9-10(15)7-8-13(12)16/h3-9H,15-16H2,1-2H3. The fraction of sp³-hybridized carbons (Fsp3) is 0.143. The third kappa shape index (κ3) is 2.18. The Morgan fingerprint density at radius 2 is 1.59 bits per heavy atom. The predicted molar refractivity (Wildman–Crippen MR) is 75.0 cm³/mol. The Bertz CT molecular complexity index is 533. The van der Waals surface area contributed by atoms with Crippen molar-refractivity contribution in [2.45, 2.75) is 0 Å². The Morgan fingerprint density at radius 1 is 0.882 bits per heavy atom. The van der Waals surface area contributed by atoms with Crippen molar-refractivity contribution in [2.75, 3.05) is 30.5 Å². The van der Waals surface area contributed by atoms with E-state index in [1.807, 2.05) is 44.4 Å². The van der Waals surface area contributed by atoms with E-state index in [0.717, 1.165) is 28.2 Å². The van der Waals surface area contributed by atoms with Gasteiger partial charge < -0.3 is 16.4 Å². The molecule has 0 unspecified atom stereocenters. The fourth-order valence-electron chi connectivity index (χ4n) is 1.90. The lowest BCUT2D eigenvalue weighted by atomic mass is 10.0. The maximum atomic E-state index is 6.02. The molecule has 3 heteroatoms. The molecule has 0 atom stereocenters. The van der Waals surface area contributed by atoms with Gasteiger partial charge in [0.2, 0.25) is 0 Å². The lowest BCUT2D eigenvalue weighted by Gasteiger charge is -2.18. The Morgan fingerprint density at radius 3 is 2.29 bits per heavy atom. The second-order valence-electron chi connectivity index (χ2n) is 4.26. The number of nitrogens with two attached hydrogens (primary N) is 2. The molecule has 0 saturated heterocycles. The molecule has 0 aliphatic carbocycles. The first-order valence-corrected chi connectivity index (χ1v) is 5.51. The van der Waals surface area contributed by atoms with Gasteiger partial charge in [-0.2, -0.15) is 0 Å². The molecule has 0 aromatic heterocycles. The zero-order chi connectivity index (χ0) is 12.4. The summed E-state index contributed by atoms with van der Waals surface area (Å²) in [4.78, 5) is 2.07. The molecule has 0 aliphatic heterocycles. The van der Waals surface area contributed by atoms with Crippen molar-refractivity contribution in [3.63, 3.8) is 0 Å². The van der Waals surface area contributed by atoms with Gasteiger partial charge in [0.25, 0.3) is 0 Å². The summed E-state index contributed by atoms with van der Waals surface area (Å²) in [5.74, 6) is 0. The van der Waals surface area contributed by atoms with Gasteiger partial charge in [-0.3, -0.25) is 0 Å². The third-order valence-corrected chi connectivity index (χ3v) is 2.75. The summed E-state index contributed by atoms with van der Waals surface area (Å²) in [6.07, 6.45) is 0. The highest BCUT2D eigenvalue weighted by molar-refractivity contribution is 5.87. The van der Waals surface area contributed by atoms with Crippen LogP contribution in [0, 0.1) is 0 Å². The largest absolute Gasteiger partial charge is 0.399 e. The van der Waals surface area contributed by atoms with Crippen molar-refractivity contribution in [3.05, 3.63) is 42.5 Å². The van der Waals surface area contributed by atoms with Crippen LogP contribution in [-0.4, -0.2) is 14.1 Å². The van der Waals surface area contributed by atoms with Crippen molar-refractivity contribution >= 4 is 17.1 Å². The molecule has 0 spiro atoms. The molecule has 2 rings (SSSR count). The number of hydrogen-bond acceptors (Lipinski definition) is 3. The van der Waals surface area contributed by atoms with Gasteiger partial charge in [-0.1, -0.05) is 18.2 Å². The highest BCUT2D eigenvalue weighted by atomic mass is 15.1. The molecular formula is C14H17N3. The molecule has 88 valence electrons. The normalized spacial score (nSPS) is 10.2. The molecule has 2 aromatic carbocycles. The summed E-state index contributed by atoms with van der Waals surface area (Å²) < 4.78 is 0. The smallest absolute Gasteiger partial charge is 0.0441 e. The SMILES string of the molecule is CN(C)c1ccccc1-c1cc(N)ccc1N. The van der Waals surface area contributed by atoms with Crippen molar-refractivity contribution in [1.29, 1.82) is 0 Å². The summed E-state index contributed by atoms with van der Waals surface area (Å²) >= 11 is 0. The van der Waals surface area contributed by atoms with Crippen LogP contribution in [0.1, 0.15) is 0 Å². The highest BCUT2D eigenvalue weighted by Crippen LogP contribution is 2.34. The Labute approximate surface area is 102 Å². The molecule has 0 heterocycles. The van der Waals surface area contributed by atoms with E-state index in [4.69, 9.17) is 11.5 Å². The summed E-state index contributed by atoms with van der Waals surface area (Å²) in [5, 5.41) is 0.